The zero-order valence-corrected chi connectivity index (χ0v) is 11.9. The summed E-state index contributed by atoms with van der Waals surface area (Å²) in [6.07, 6.45) is 0.921. The number of hydrogen-bond donors (Lipinski definition) is 2. The minimum atomic E-state index is 0.600. The predicted octanol–water partition coefficient (Wildman–Crippen LogP) is 3.00. The second-order valence-corrected chi connectivity index (χ2v) is 5.26. The Labute approximate surface area is 114 Å². The van der Waals surface area contributed by atoms with Gasteiger partial charge < -0.3 is 10.6 Å². The van der Waals surface area contributed by atoms with Gasteiger partial charge >= 0.3 is 0 Å². The number of hydrogen-bond acceptors (Lipinski definition) is 1. The molecule has 0 spiro atoms. The van der Waals surface area contributed by atoms with Gasteiger partial charge in [0, 0.05) is 18.1 Å². The lowest BCUT2D eigenvalue weighted by atomic mass is 10.1. The molecule has 0 atom stereocenters. The van der Waals surface area contributed by atoms with Crippen LogP contribution in [0.25, 0.3) is 0 Å². The predicted molar refractivity (Wildman–Crippen MR) is 78.6 cm³/mol. The van der Waals surface area contributed by atoms with E-state index in [1.54, 1.807) is 0 Å². The average Bonchev–Trinajstić information content (AvgIpc) is 2.26. The number of nitrogens with one attached hydrogen (secondary N) is 2. The SMILES string of the molecule is CC(C)CNC(=S)NCCc1cccc(Cl)c1. The van der Waals surface area contributed by atoms with Gasteiger partial charge in [-0.25, -0.2) is 0 Å². The third kappa shape index (κ3) is 6.49. The van der Waals surface area contributed by atoms with E-state index < -0.39 is 0 Å². The smallest absolute Gasteiger partial charge is 0.166 e. The van der Waals surface area contributed by atoms with Crippen molar-refractivity contribution in [2.75, 3.05) is 13.1 Å². The van der Waals surface area contributed by atoms with Crippen LogP contribution in [-0.4, -0.2) is 18.2 Å². The van der Waals surface area contributed by atoms with E-state index >= 15 is 0 Å². The van der Waals surface area contributed by atoms with Gasteiger partial charge in [0.05, 0.1) is 0 Å². The molecular formula is C13H19ClN2S. The highest BCUT2D eigenvalue weighted by Gasteiger charge is 1.98. The fourth-order valence-corrected chi connectivity index (χ4v) is 1.77. The maximum atomic E-state index is 5.91. The molecule has 0 amide bonds. The summed E-state index contributed by atoms with van der Waals surface area (Å²) in [5.41, 5.74) is 1.22. The van der Waals surface area contributed by atoms with E-state index in [4.69, 9.17) is 23.8 Å². The third-order valence-electron chi connectivity index (χ3n) is 2.26. The monoisotopic (exact) mass is 270 g/mol. The van der Waals surface area contributed by atoms with E-state index in [0.29, 0.717) is 5.92 Å². The Kier molecular flexibility index (Phi) is 6.30. The molecule has 0 aromatic heterocycles. The Morgan fingerprint density at radius 1 is 1.35 bits per heavy atom. The first kappa shape index (κ1) is 14.3. The summed E-state index contributed by atoms with van der Waals surface area (Å²) >= 11 is 11.1. The quantitative estimate of drug-likeness (QED) is 0.805. The average molecular weight is 271 g/mol. The molecule has 0 fully saturated rings. The molecule has 1 rings (SSSR count). The van der Waals surface area contributed by atoms with Gasteiger partial charge in [-0.1, -0.05) is 37.6 Å². The summed E-state index contributed by atoms with van der Waals surface area (Å²) in [4.78, 5) is 0. The van der Waals surface area contributed by atoms with E-state index in [1.807, 2.05) is 18.2 Å². The minimum Gasteiger partial charge on any atom is -0.362 e. The van der Waals surface area contributed by atoms with Crippen LogP contribution in [0.15, 0.2) is 24.3 Å². The Morgan fingerprint density at radius 2 is 2.12 bits per heavy atom. The Bertz CT molecular complexity index is 366. The van der Waals surface area contributed by atoms with Crippen molar-refractivity contribution in [1.29, 1.82) is 0 Å². The molecule has 2 N–H and O–H groups in total. The highest BCUT2D eigenvalue weighted by Crippen LogP contribution is 2.10. The summed E-state index contributed by atoms with van der Waals surface area (Å²) in [6, 6.07) is 7.90. The molecule has 0 aliphatic carbocycles. The fraction of sp³-hybridized carbons (Fsp3) is 0.462. The maximum Gasteiger partial charge on any atom is 0.166 e. The number of benzene rings is 1. The van der Waals surface area contributed by atoms with Crippen LogP contribution >= 0.6 is 23.8 Å². The molecule has 0 saturated heterocycles. The van der Waals surface area contributed by atoms with Gasteiger partial charge in [0.1, 0.15) is 0 Å². The van der Waals surface area contributed by atoms with E-state index in [0.717, 1.165) is 29.6 Å². The van der Waals surface area contributed by atoms with Crippen molar-refractivity contribution < 1.29 is 0 Å². The molecule has 0 bridgehead atoms. The van der Waals surface area contributed by atoms with Crippen molar-refractivity contribution in [3.8, 4) is 0 Å². The largest absolute Gasteiger partial charge is 0.362 e. The van der Waals surface area contributed by atoms with Gasteiger partial charge in [-0.15, -0.1) is 0 Å². The number of thiocarbonyl (C=S) groups is 1. The third-order valence-corrected chi connectivity index (χ3v) is 2.78. The zero-order valence-electron chi connectivity index (χ0n) is 10.3. The van der Waals surface area contributed by atoms with Crippen molar-refractivity contribution in [3.05, 3.63) is 34.9 Å². The molecule has 0 saturated carbocycles. The summed E-state index contributed by atoms with van der Waals surface area (Å²) in [7, 11) is 0. The minimum absolute atomic E-state index is 0.600. The first-order valence-electron chi connectivity index (χ1n) is 5.84. The first-order chi connectivity index (χ1) is 8.08. The second kappa shape index (κ2) is 7.51. The molecular weight excluding hydrogens is 252 g/mol. The normalized spacial score (nSPS) is 10.4. The summed E-state index contributed by atoms with van der Waals surface area (Å²) in [5, 5.41) is 7.86. The standard InChI is InChI=1S/C13H19ClN2S/c1-10(2)9-16-13(17)15-7-6-11-4-3-5-12(14)8-11/h3-5,8,10H,6-7,9H2,1-2H3,(H2,15,16,17). The van der Waals surface area contributed by atoms with Gasteiger partial charge in [-0.2, -0.15) is 0 Å². The van der Waals surface area contributed by atoms with Crippen molar-refractivity contribution in [2.24, 2.45) is 5.92 Å². The lowest BCUT2D eigenvalue weighted by Gasteiger charge is -2.12. The van der Waals surface area contributed by atoms with Gasteiger partial charge in [-0.05, 0) is 42.3 Å². The summed E-state index contributed by atoms with van der Waals surface area (Å²) in [5.74, 6) is 0.600. The highest BCUT2D eigenvalue weighted by molar-refractivity contribution is 7.80. The molecule has 94 valence electrons. The second-order valence-electron chi connectivity index (χ2n) is 4.41. The Balaban J connectivity index is 2.21. The summed E-state index contributed by atoms with van der Waals surface area (Å²) in [6.45, 7) is 6.04. The van der Waals surface area contributed by atoms with Gasteiger partial charge in [0.15, 0.2) is 5.11 Å². The van der Waals surface area contributed by atoms with Crippen LogP contribution in [0.3, 0.4) is 0 Å². The van der Waals surface area contributed by atoms with E-state index in [1.165, 1.54) is 5.56 Å². The maximum absolute atomic E-state index is 5.91. The molecule has 2 nitrogen and oxygen atoms in total. The molecule has 0 aliphatic rings. The molecule has 17 heavy (non-hydrogen) atoms. The molecule has 0 aliphatic heterocycles. The van der Waals surface area contributed by atoms with Crippen LogP contribution in [0.1, 0.15) is 19.4 Å². The van der Waals surface area contributed by atoms with Gasteiger partial charge in [0.25, 0.3) is 0 Å². The molecule has 0 heterocycles. The van der Waals surface area contributed by atoms with Crippen molar-refractivity contribution in [2.45, 2.75) is 20.3 Å². The Morgan fingerprint density at radius 3 is 2.76 bits per heavy atom. The fourth-order valence-electron chi connectivity index (χ4n) is 1.37. The van der Waals surface area contributed by atoms with Gasteiger partial charge in [0.2, 0.25) is 0 Å². The van der Waals surface area contributed by atoms with Crippen LogP contribution in [-0.2, 0) is 6.42 Å². The lowest BCUT2D eigenvalue weighted by Crippen LogP contribution is -2.38. The van der Waals surface area contributed by atoms with Crippen LogP contribution < -0.4 is 10.6 Å². The number of rotatable bonds is 5. The zero-order chi connectivity index (χ0) is 12.7. The topological polar surface area (TPSA) is 24.1 Å². The lowest BCUT2D eigenvalue weighted by molar-refractivity contribution is 0.619. The van der Waals surface area contributed by atoms with Crippen molar-refractivity contribution >= 4 is 28.9 Å². The van der Waals surface area contributed by atoms with Crippen LogP contribution in [0.5, 0.6) is 0 Å². The summed E-state index contributed by atoms with van der Waals surface area (Å²) < 4.78 is 0. The van der Waals surface area contributed by atoms with E-state index in [-0.39, 0.29) is 0 Å². The van der Waals surface area contributed by atoms with Crippen LogP contribution in [0.4, 0.5) is 0 Å². The van der Waals surface area contributed by atoms with Crippen molar-refractivity contribution in [3.63, 3.8) is 0 Å². The molecule has 0 radical (unpaired) electrons. The van der Waals surface area contributed by atoms with E-state index in [9.17, 15) is 0 Å². The molecule has 4 heteroatoms. The van der Waals surface area contributed by atoms with Crippen LogP contribution in [0, 0.1) is 5.92 Å². The Hall–Kier alpha value is -0.800. The molecule has 1 aromatic carbocycles. The van der Waals surface area contributed by atoms with Crippen molar-refractivity contribution in [1.82, 2.24) is 10.6 Å². The van der Waals surface area contributed by atoms with Gasteiger partial charge in [-0.3, -0.25) is 0 Å². The van der Waals surface area contributed by atoms with Crippen LogP contribution in [0.2, 0.25) is 5.02 Å². The highest BCUT2D eigenvalue weighted by atomic mass is 35.5. The van der Waals surface area contributed by atoms with E-state index in [2.05, 4.69) is 30.5 Å². The number of halogens is 1. The molecule has 1 aromatic rings. The molecule has 0 unspecified atom stereocenters. The first-order valence-corrected chi connectivity index (χ1v) is 6.62.